The second-order valence-corrected chi connectivity index (χ2v) is 5.44. The fraction of sp³-hybridized carbons (Fsp3) is 0.222. The van der Waals surface area contributed by atoms with E-state index < -0.39 is 6.03 Å². The number of phenols is 1. The van der Waals surface area contributed by atoms with Gasteiger partial charge in [-0.3, -0.25) is 4.79 Å². The van der Waals surface area contributed by atoms with Crippen molar-refractivity contribution < 1.29 is 14.7 Å². The van der Waals surface area contributed by atoms with Crippen molar-refractivity contribution in [2.75, 3.05) is 11.9 Å². The summed E-state index contributed by atoms with van der Waals surface area (Å²) in [4.78, 5) is 23.8. The Hall–Kier alpha value is -2.82. The molecule has 2 aromatic carbocycles. The monoisotopic (exact) mass is 312 g/mol. The topological polar surface area (TPSA) is 78.4 Å². The van der Waals surface area contributed by atoms with Gasteiger partial charge in [0.25, 0.3) is 0 Å². The predicted molar refractivity (Wildman–Crippen MR) is 90.0 cm³/mol. The highest BCUT2D eigenvalue weighted by Gasteiger charge is 2.08. The summed E-state index contributed by atoms with van der Waals surface area (Å²) in [7, 11) is 0. The number of hydrogen-bond acceptors (Lipinski definition) is 3. The third-order valence-corrected chi connectivity index (χ3v) is 3.41. The molecule has 2 rings (SSSR count). The Bertz CT molecular complexity index is 709. The number of rotatable bonds is 5. The van der Waals surface area contributed by atoms with Gasteiger partial charge in [-0.05, 0) is 31.5 Å². The van der Waals surface area contributed by atoms with Crippen molar-refractivity contribution in [3.63, 3.8) is 0 Å². The Morgan fingerprint density at radius 3 is 2.35 bits per heavy atom. The number of aromatic hydroxyl groups is 1. The molecule has 23 heavy (non-hydrogen) atoms. The molecule has 3 N–H and O–H groups in total. The molecule has 0 fully saturated rings. The summed E-state index contributed by atoms with van der Waals surface area (Å²) in [5, 5.41) is 14.8. The maximum Gasteiger partial charge on any atom is 0.319 e. The van der Waals surface area contributed by atoms with Crippen LogP contribution in [0.25, 0.3) is 0 Å². The van der Waals surface area contributed by atoms with Crippen molar-refractivity contribution in [2.45, 2.75) is 20.3 Å². The van der Waals surface area contributed by atoms with Crippen LogP contribution in [0.15, 0.2) is 42.5 Å². The van der Waals surface area contributed by atoms with Gasteiger partial charge in [0.15, 0.2) is 5.78 Å². The Labute approximate surface area is 135 Å². The van der Waals surface area contributed by atoms with Gasteiger partial charge in [-0.1, -0.05) is 35.9 Å². The van der Waals surface area contributed by atoms with Crippen LogP contribution in [-0.2, 0) is 0 Å². The summed E-state index contributed by atoms with van der Waals surface area (Å²) in [5.74, 6) is -0.0230. The summed E-state index contributed by atoms with van der Waals surface area (Å²) in [6, 6.07) is 11.8. The molecule has 0 heterocycles. The molecule has 0 spiro atoms. The van der Waals surface area contributed by atoms with Crippen LogP contribution in [-0.4, -0.2) is 23.5 Å². The summed E-state index contributed by atoms with van der Waals surface area (Å²) < 4.78 is 0. The Balaban J connectivity index is 1.81. The van der Waals surface area contributed by atoms with Crippen molar-refractivity contribution in [2.24, 2.45) is 0 Å². The lowest BCUT2D eigenvalue weighted by Crippen LogP contribution is -2.30. The van der Waals surface area contributed by atoms with E-state index in [9.17, 15) is 14.7 Å². The van der Waals surface area contributed by atoms with E-state index in [0.717, 1.165) is 11.1 Å². The fourth-order valence-corrected chi connectivity index (χ4v) is 2.09. The van der Waals surface area contributed by atoms with Gasteiger partial charge in [0, 0.05) is 18.5 Å². The van der Waals surface area contributed by atoms with Crippen molar-refractivity contribution in [3.8, 4) is 5.75 Å². The van der Waals surface area contributed by atoms with E-state index in [4.69, 9.17) is 0 Å². The third kappa shape index (κ3) is 4.85. The lowest BCUT2D eigenvalue weighted by molar-refractivity contribution is 0.0983. The summed E-state index contributed by atoms with van der Waals surface area (Å²) in [6.45, 7) is 4.05. The van der Waals surface area contributed by atoms with Gasteiger partial charge in [-0.15, -0.1) is 0 Å². The summed E-state index contributed by atoms with van der Waals surface area (Å²) in [6.07, 6.45) is 0.219. The summed E-state index contributed by atoms with van der Waals surface area (Å²) in [5.41, 5.74) is 2.99. The van der Waals surface area contributed by atoms with Crippen molar-refractivity contribution in [1.82, 2.24) is 5.32 Å². The zero-order valence-electron chi connectivity index (χ0n) is 13.2. The van der Waals surface area contributed by atoms with Crippen molar-refractivity contribution in [1.29, 1.82) is 0 Å². The first-order chi connectivity index (χ1) is 11.0. The second kappa shape index (κ2) is 7.45. The fourth-order valence-electron chi connectivity index (χ4n) is 2.09. The first-order valence-electron chi connectivity index (χ1n) is 7.40. The first-order valence-corrected chi connectivity index (χ1v) is 7.40. The van der Waals surface area contributed by atoms with Crippen LogP contribution >= 0.6 is 0 Å². The normalized spacial score (nSPS) is 10.2. The zero-order valence-corrected chi connectivity index (χ0v) is 13.2. The van der Waals surface area contributed by atoms with E-state index in [0.29, 0.717) is 11.3 Å². The van der Waals surface area contributed by atoms with Crippen LogP contribution in [0.3, 0.4) is 0 Å². The molecule has 2 aromatic rings. The number of carbonyl (C=O) groups is 2. The molecule has 0 saturated heterocycles. The van der Waals surface area contributed by atoms with Crippen LogP contribution in [0.5, 0.6) is 5.75 Å². The van der Waals surface area contributed by atoms with E-state index in [1.54, 1.807) is 24.3 Å². The lowest BCUT2D eigenvalue weighted by Gasteiger charge is -2.09. The summed E-state index contributed by atoms with van der Waals surface area (Å²) >= 11 is 0. The SMILES string of the molecule is Cc1ccc(C(=O)CCNC(=O)Nc2cc(C)ccc2O)cc1. The highest BCUT2D eigenvalue weighted by atomic mass is 16.3. The molecule has 0 bridgehead atoms. The number of ketones is 1. The van der Waals surface area contributed by atoms with Gasteiger partial charge in [0.05, 0.1) is 5.69 Å². The van der Waals surface area contributed by atoms with E-state index in [1.165, 1.54) is 6.07 Å². The number of nitrogens with one attached hydrogen (secondary N) is 2. The van der Waals surface area contributed by atoms with Gasteiger partial charge in [0.2, 0.25) is 0 Å². The average Bonchev–Trinajstić information content (AvgIpc) is 2.51. The molecule has 5 nitrogen and oxygen atoms in total. The molecule has 0 aliphatic heterocycles. The maximum absolute atomic E-state index is 12.0. The molecule has 0 aromatic heterocycles. The number of amides is 2. The van der Waals surface area contributed by atoms with Gasteiger partial charge in [0.1, 0.15) is 5.75 Å². The molecule has 0 aliphatic carbocycles. The van der Waals surface area contributed by atoms with Crippen molar-refractivity contribution in [3.05, 3.63) is 59.2 Å². The molecule has 0 aliphatic rings. The molecule has 5 heteroatoms. The molecule has 0 atom stereocenters. The Morgan fingerprint density at radius 1 is 1.00 bits per heavy atom. The highest BCUT2D eigenvalue weighted by Crippen LogP contribution is 2.23. The van der Waals surface area contributed by atoms with Gasteiger partial charge >= 0.3 is 6.03 Å². The first kappa shape index (κ1) is 16.5. The van der Waals surface area contributed by atoms with Gasteiger partial charge in [-0.25, -0.2) is 4.79 Å². The van der Waals surface area contributed by atoms with Crippen LogP contribution in [0.4, 0.5) is 10.5 Å². The number of Topliss-reactive ketones (excluding diaryl/α,β-unsaturated/α-hetero) is 1. The second-order valence-electron chi connectivity index (χ2n) is 5.44. The average molecular weight is 312 g/mol. The number of anilines is 1. The quantitative estimate of drug-likeness (QED) is 0.585. The smallest absolute Gasteiger partial charge is 0.319 e. The van der Waals surface area contributed by atoms with E-state index in [1.807, 2.05) is 26.0 Å². The van der Waals surface area contributed by atoms with E-state index in [2.05, 4.69) is 10.6 Å². The number of benzene rings is 2. The molecular formula is C18H20N2O3. The van der Waals surface area contributed by atoms with Gasteiger partial charge < -0.3 is 15.7 Å². The lowest BCUT2D eigenvalue weighted by atomic mass is 10.1. The predicted octanol–water partition coefficient (Wildman–Crippen LogP) is 3.40. The molecule has 120 valence electrons. The standard InChI is InChI=1S/C18H20N2O3/c1-12-3-6-14(7-4-12)16(21)9-10-19-18(23)20-15-11-13(2)5-8-17(15)22/h3-8,11,22H,9-10H2,1-2H3,(H2,19,20,23). The molecule has 2 amide bonds. The van der Waals surface area contributed by atoms with Crippen LogP contribution in [0, 0.1) is 13.8 Å². The minimum Gasteiger partial charge on any atom is -0.506 e. The van der Waals surface area contributed by atoms with Crippen LogP contribution < -0.4 is 10.6 Å². The minimum atomic E-state index is -0.456. The largest absolute Gasteiger partial charge is 0.506 e. The number of phenolic OH excluding ortho intramolecular Hbond substituents is 1. The molecule has 0 saturated carbocycles. The van der Waals surface area contributed by atoms with Crippen LogP contribution in [0.1, 0.15) is 27.9 Å². The third-order valence-electron chi connectivity index (χ3n) is 3.41. The van der Waals surface area contributed by atoms with Gasteiger partial charge in [-0.2, -0.15) is 0 Å². The Morgan fingerprint density at radius 2 is 1.65 bits per heavy atom. The number of hydrogen-bond donors (Lipinski definition) is 3. The molecule has 0 unspecified atom stereocenters. The molecular weight excluding hydrogens is 292 g/mol. The number of aryl methyl sites for hydroxylation is 2. The van der Waals surface area contributed by atoms with Crippen molar-refractivity contribution >= 4 is 17.5 Å². The molecule has 0 radical (unpaired) electrons. The van der Waals surface area contributed by atoms with E-state index >= 15 is 0 Å². The minimum absolute atomic E-state index is 0.00137. The number of urea groups is 1. The maximum atomic E-state index is 12.0. The number of carbonyl (C=O) groups excluding carboxylic acids is 2. The Kier molecular flexibility index (Phi) is 5.36. The zero-order chi connectivity index (χ0) is 16.8. The van der Waals surface area contributed by atoms with Crippen LogP contribution in [0.2, 0.25) is 0 Å². The highest BCUT2D eigenvalue weighted by molar-refractivity contribution is 5.97. The van der Waals surface area contributed by atoms with E-state index in [-0.39, 0.29) is 24.5 Å².